The minimum Gasteiger partial charge on any atom is -0.208 e. The summed E-state index contributed by atoms with van der Waals surface area (Å²) in [6, 6.07) is 51.7. The van der Waals surface area contributed by atoms with Crippen molar-refractivity contribution >= 4 is 32.3 Å². The van der Waals surface area contributed by atoms with Crippen molar-refractivity contribution in [1.82, 2.24) is 15.0 Å². The molecule has 54 heavy (non-hydrogen) atoms. The first-order chi connectivity index (χ1) is 26.6. The molecule has 0 amide bonds. The molecule has 0 aliphatic heterocycles. The Morgan fingerprint density at radius 2 is 0.944 bits per heavy atom. The predicted molar refractivity (Wildman–Crippen MR) is 219 cm³/mol. The smallest absolute Gasteiger partial charge is 0.164 e. The number of benzene rings is 7. The van der Waals surface area contributed by atoms with Gasteiger partial charge in [-0.05, 0) is 135 Å². The summed E-state index contributed by atoms with van der Waals surface area (Å²) in [7, 11) is 0. The van der Waals surface area contributed by atoms with Gasteiger partial charge in [-0.25, -0.2) is 15.0 Å². The molecule has 1 heterocycles. The van der Waals surface area contributed by atoms with E-state index >= 15 is 0 Å². The Bertz CT molecular complexity index is 2780. The van der Waals surface area contributed by atoms with Crippen LogP contribution in [0.3, 0.4) is 0 Å². The number of nitriles is 1. The number of rotatable bonds is 5. The van der Waals surface area contributed by atoms with Crippen LogP contribution < -0.4 is 0 Å². The average molecular weight is 695 g/mol. The molecule has 4 fully saturated rings. The van der Waals surface area contributed by atoms with E-state index in [4.69, 9.17) is 15.0 Å². The summed E-state index contributed by atoms with van der Waals surface area (Å²) >= 11 is 0. The highest BCUT2D eigenvalue weighted by Gasteiger charge is 2.51. The van der Waals surface area contributed by atoms with Crippen LogP contribution >= 0.6 is 0 Å². The molecule has 258 valence electrons. The fourth-order valence-corrected chi connectivity index (χ4v) is 10.7. The number of aromatic nitrogens is 3. The molecule has 0 saturated heterocycles. The normalized spacial score (nSPS) is 21.5. The van der Waals surface area contributed by atoms with E-state index in [2.05, 4.69) is 127 Å². The fourth-order valence-electron chi connectivity index (χ4n) is 10.7. The molecule has 4 aliphatic carbocycles. The Labute approximate surface area is 315 Å². The highest BCUT2D eigenvalue weighted by molar-refractivity contribution is 6.08. The van der Waals surface area contributed by atoms with E-state index in [-0.39, 0.29) is 0 Å². The van der Waals surface area contributed by atoms with E-state index in [0.717, 1.165) is 56.3 Å². The molecule has 8 aromatic rings. The van der Waals surface area contributed by atoms with Gasteiger partial charge >= 0.3 is 0 Å². The highest BCUT2D eigenvalue weighted by Crippen LogP contribution is 2.60. The van der Waals surface area contributed by atoms with Gasteiger partial charge in [-0.15, -0.1) is 0 Å². The van der Waals surface area contributed by atoms with Gasteiger partial charge in [-0.3, -0.25) is 0 Å². The van der Waals surface area contributed by atoms with Crippen molar-refractivity contribution in [3.63, 3.8) is 0 Å². The lowest BCUT2D eigenvalue weighted by molar-refractivity contribution is -0.00518. The molecule has 4 bridgehead atoms. The summed E-state index contributed by atoms with van der Waals surface area (Å²) in [5, 5.41) is 16.4. The standard InChI is InChI=1S/C50H38N4/c51-30-31-5-6-41-25-40(13-12-39(41)24-31)35-7-10-37(11-8-35)47-52-48(38-15-18-44(19-16-38)50-27-32-21-33(28-50)23-34(22-32)29-50)54-49(53-47)43-17-20-46-42(26-43)14-9-36-3-1-2-4-45(36)46/h1-20,24-26,32-34H,21-23,27-29H2. The molecule has 12 rings (SSSR count). The Hall–Kier alpha value is -6.18. The molecule has 1 aromatic heterocycles. The van der Waals surface area contributed by atoms with Crippen molar-refractivity contribution < 1.29 is 0 Å². The summed E-state index contributed by atoms with van der Waals surface area (Å²) in [4.78, 5) is 15.4. The van der Waals surface area contributed by atoms with E-state index in [1.54, 1.807) is 0 Å². The maximum absolute atomic E-state index is 9.32. The van der Waals surface area contributed by atoms with Crippen molar-refractivity contribution in [1.29, 1.82) is 5.26 Å². The molecule has 4 aliphatic rings. The third kappa shape index (κ3) is 5.30. The zero-order chi connectivity index (χ0) is 35.8. The minimum absolute atomic E-state index is 0.352. The second-order valence-electron chi connectivity index (χ2n) is 16.3. The predicted octanol–water partition coefficient (Wildman–Crippen LogP) is 12.3. The lowest BCUT2D eigenvalue weighted by Gasteiger charge is -2.57. The van der Waals surface area contributed by atoms with Crippen molar-refractivity contribution in [2.24, 2.45) is 17.8 Å². The second-order valence-corrected chi connectivity index (χ2v) is 16.3. The summed E-state index contributed by atoms with van der Waals surface area (Å²) in [6.07, 6.45) is 8.41. The Morgan fingerprint density at radius 3 is 1.65 bits per heavy atom. The van der Waals surface area contributed by atoms with Crippen LogP contribution in [0.5, 0.6) is 0 Å². The fraction of sp³-hybridized carbons (Fsp3) is 0.200. The molecule has 0 unspecified atom stereocenters. The Balaban J connectivity index is 0.985. The molecule has 4 heteroatoms. The quantitative estimate of drug-likeness (QED) is 0.168. The summed E-state index contributed by atoms with van der Waals surface area (Å²) in [6.45, 7) is 0. The topological polar surface area (TPSA) is 62.5 Å². The molecule has 0 radical (unpaired) electrons. The molecular weight excluding hydrogens is 657 g/mol. The number of nitrogens with zero attached hydrogens (tertiary/aromatic N) is 4. The van der Waals surface area contributed by atoms with Crippen LogP contribution in [0.15, 0.2) is 140 Å². The first-order valence-corrected chi connectivity index (χ1v) is 19.4. The van der Waals surface area contributed by atoms with Crippen molar-refractivity contribution in [2.75, 3.05) is 0 Å². The first kappa shape index (κ1) is 31.4. The van der Waals surface area contributed by atoms with Gasteiger partial charge in [-0.2, -0.15) is 5.26 Å². The molecular formula is C50H38N4. The number of hydrogen-bond donors (Lipinski definition) is 0. The molecule has 4 nitrogen and oxygen atoms in total. The van der Waals surface area contributed by atoms with Crippen LogP contribution in [0.25, 0.3) is 77.6 Å². The molecule has 0 N–H and O–H groups in total. The maximum Gasteiger partial charge on any atom is 0.164 e. The van der Waals surface area contributed by atoms with E-state index in [1.165, 1.54) is 65.6 Å². The zero-order valence-electron chi connectivity index (χ0n) is 30.0. The van der Waals surface area contributed by atoms with E-state index in [9.17, 15) is 5.26 Å². The molecule has 0 atom stereocenters. The number of fused-ring (bicyclic) bond motifs is 4. The number of hydrogen-bond acceptors (Lipinski definition) is 4. The SMILES string of the molecule is N#Cc1ccc2cc(-c3ccc(-c4nc(-c5ccc(C67CC8CC(CC(C8)C6)C7)cc5)nc(-c5ccc6c(ccc7ccccc76)c5)n4)cc3)ccc2c1. The minimum atomic E-state index is 0.352. The van der Waals surface area contributed by atoms with Gasteiger partial charge in [0, 0.05) is 16.7 Å². The van der Waals surface area contributed by atoms with Crippen LogP contribution in [0.1, 0.15) is 49.7 Å². The third-order valence-electron chi connectivity index (χ3n) is 12.9. The van der Waals surface area contributed by atoms with E-state index in [0.29, 0.717) is 28.5 Å². The van der Waals surface area contributed by atoms with Crippen molar-refractivity contribution in [3.8, 4) is 51.4 Å². The lowest BCUT2D eigenvalue weighted by atomic mass is 9.48. The van der Waals surface area contributed by atoms with Crippen LogP contribution in [-0.4, -0.2) is 15.0 Å². The molecule has 0 spiro atoms. The Kier molecular flexibility index (Phi) is 7.07. The van der Waals surface area contributed by atoms with Crippen molar-refractivity contribution in [3.05, 3.63) is 151 Å². The third-order valence-corrected chi connectivity index (χ3v) is 12.9. The zero-order valence-corrected chi connectivity index (χ0v) is 30.0. The first-order valence-electron chi connectivity index (χ1n) is 19.4. The monoisotopic (exact) mass is 694 g/mol. The lowest BCUT2D eigenvalue weighted by Crippen LogP contribution is -2.48. The summed E-state index contributed by atoms with van der Waals surface area (Å²) < 4.78 is 0. The van der Waals surface area contributed by atoms with Gasteiger partial charge in [0.1, 0.15) is 0 Å². The van der Waals surface area contributed by atoms with Crippen LogP contribution in [0.4, 0.5) is 0 Å². The molecule has 7 aromatic carbocycles. The summed E-state index contributed by atoms with van der Waals surface area (Å²) in [5.74, 6) is 4.76. The van der Waals surface area contributed by atoms with Crippen LogP contribution in [-0.2, 0) is 5.41 Å². The van der Waals surface area contributed by atoms with E-state index in [1.807, 2.05) is 18.2 Å². The van der Waals surface area contributed by atoms with E-state index < -0.39 is 0 Å². The van der Waals surface area contributed by atoms with Gasteiger partial charge in [0.15, 0.2) is 17.5 Å². The van der Waals surface area contributed by atoms with Gasteiger partial charge < -0.3 is 0 Å². The van der Waals surface area contributed by atoms with Gasteiger partial charge in [0.05, 0.1) is 11.6 Å². The van der Waals surface area contributed by atoms with Gasteiger partial charge in [0.2, 0.25) is 0 Å². The van der Waals surface area contributed by atoms with Gasteiger partial charge in [-0.1, -0.05) is 115 Å². The molecule has 4 saturated carbocycles. The highest BCUT2D eigenvalue weighted by atomic mass is 15.0. The average Bonchev–Trinajstić information content (AvgIpc) is 3.22. The van der Waals surface area contributed by atoms with Crippen LogP contribution in [0.2, 0.25) is 0 Å². The van der Waals surface area contributed by atoms with Crippen molar-refractivity contribution in [2.45, 2.75) is 43.9 Å². The largest absolute Gasteiger partial charge is 0.208 e. The maximum atomic E-state index is 9.32. The summed E-state index contributed by atoms with van der Waals surface area (Å²) in [5.41, 5.74) is 7.71. The second kappa shape index (κ2) is 12.2. The van der Waals surface area contributed by atoms with Gasteiger partial charge in [0.25, 0.3) is 0 Å². The van der Waals surface area contributed by atoms with Crippen LogP contribution in [0, 0.1) is 29.1 Å². The Morgan fingerprint density at radius 1 is 0.444 bits per heavy atom.